The number of fused-ring (bicyclic) bond motifs is 1. The first-order valence-electron chi connectivity index (χ1n) is 6.95. The highest BCUT2D eigenvalue weighted by Crippen LogP contribution is 2.38. The zero-order valence-electron chi connectivity index (χ0n) is 10.3. The number of rotatable bonds is 4. The van der Waals surface area contributed by atoms with Gasteiger partial charge in [-0.3, -0.25) is 4.79 Å². The predicted molar refractivity (Wildman–Crippen MR) is 69.1 cm³/mol. The summed E-state index contributed by atoms with van der Waals surface area (Å²) in [6, 6.07) is 8.66. The smallest absolute Gasteiger partial charge is 0.135 e. The van der Waals surface area contributed by atoms with E-state index in [-0.39, 0.29) is 0 Å². The summed E-state index contributed by atoms with van der Waals surface area (Å²) in [5.74, 6) is 1.61. The summed E-state index contributed by atoms with van der Waals surface area (Å²) in [4.78, 5) is 12.0. The van der Waals surface area contributed by atoms with Crippen LogP contribution in [-0.2, 0) is 11.2 Å². The molecule has 0 aromatic heterocycles. The van der Waals surface area contributed by atoms with E-state index in [2.05, 4.69) is 24.3 Å². The number of carbonyl (C=O) groups excluding carboxylic acids is 1. The first-order chi connectivity index (χ1) is 8.34. The lowest BCUT2D eigenvalue weighted by atomic mass is 9.74. The summed E-state index contributed by atoms with van der Waals surface area (Å²) in [5, 5.41) is 0. The van der Waals surface area contributed by atoms with Crippen molar-refractivity contribution in [3.8, 4) is 0 Å². The molecule has 1 saturated carbocycles. The number of hydrogen-bond acceptors (Lipinski definition) is 1. The Bertz CT molecular complexity index is 415. The van der Waals surface area contributed by atoms with E-state index >= 15 is 0 Å². The molecule has 0 spiro atoms. The van der Waals surface area contributed by atoms with E-state index in [4.69, 9.17) is 0 Å². The van der Waals surface area contributed by atoms with Crippen LogP contribution in [0.1, 0.15) is 55.6 Å². The van der Waals surface area contributed by atoms with Gasteiger partial charge < -0.3 is 0 Å². The minimum absolute atomic E-state index is 0.408. The van der Waals surface area contributed by atoms with Gasteiger partial charge >= 0.3 is 0 Å². The second kappa shape index (κ2) is 4.64. The standard InChI is InChI=1S/C16H20O/c17-16(12-5-1-2-6-12)10-9-14-11-13-7-3-4-8-15(13)14/h3-4,7-8,12,14H,1-2,5-6,9-11H2. The lowest BCUT2D eigenvalue weighted by molar-refractivity contribution is -0.122. The fourth-order valence-electron chi connectivity index (χ4n) is 3.39. The van der Waals surface area contributed by atoms with E-state index in [1.807, 2.05) is 0 Å². The van der Waals surface area contributed by atoms with Gasteiger partial charge in [0, 0.05) is 12.3 Å². The van der Waals surface area contributed by atoms with E-state index in [0.717, 1.165) is 25.7 Å². The third-order valence-electron chi connectivity index (χ3n) is 4.51. The Morgan fingerprint density at radius 3 is 2.71 bits per heavy atom. The highest BCUT2D eigenvalue weighted by atomic mass is 16.1. The van der Waals surface area contributed by atoms with Crippen molar-refractivity contribution >= 4 is 5.78 Å². The summed E-state index contributed by atoms with van der Waals surface area (Å²) in [6.45, 7) is 0. The highest BCUT2D eigenvalue weighted by molar-refractivity contribution is 5.81. The molecule has 1 heteroatoms. The molecule has 90 valence electrons. The van der Waals surface area contributed by atoms with Crippen LogP contribution in [0.15, 0.2) is 24.3 Å². The van der Waals surface area contributed by atoms with E-state index in [0.29, 0.717) is 17.6 Å². The van der Waals surface area contributed by atoms with E-state index in [1.165, 1.54) is 30.4 Å². The summed E-state index contributed by atoms with van der Waals surface area (Å²) >= 11 is 0. The maximum Gasteiger partial charge on any atom is 0.135 e. The summed E-state index contributed by atoms with van der Waals surface area (Å²) < 4.78 is 0. The Morgan fingerprint density at radius 2 is 1.94 bits per heavy atom. The molecule has 1 atom stereocenters. The molecule has 0 saturated heterocycles. The SMILES string of the molecule is O=C(CCC1Cc2ccccc21)C1CCCC1. The molecule has 1 unspecified atom stereocenters. The summed E-state index contributed by atoms with van der Waals surface area (Å²) in [6.07, 6.45) is 7.91. The molecule has 0 bridgehead atoms. The van der Waals surface area contributed by atoms with Crippen molar-refractivity contribution in [1.29, 1.82) is 0 Å². The van der Waals surface area contributed by atoms with Crippen LogP contribution in [0.4, 0.5) is 0 Å². The molecule has 0 amide bonds. The van der Waals surface area contributed by atoms with Crippen molar-refractivity contribution in [2.45, 2.75) is 50.9 Å². The fourth-order valence-corrected chi connectivity index (χ4v) is 3.39. The Labute approximate surface area is 103 Å². The van der Waals surface area contributed by atoms with Crippen LogP contribution >= 0.6 is 0 Å². The second-order valence-corrected chi connectivity index (χ2v) is 5.59. The molecule has 2 aliphatic carbocycles. The number of benzene rings is 1. The molecule has 2 aliphatic rings. The number of ketones is 1. The van der Waals surface area contributed by atoms with Gasteiger partial charge in [0.1, 0.15) is 5.78 Å². The summed E-state index contributed by atoms with van der Waals surface area (Å²) in [7, 11) is 0. The van der Waals surface area contributed by atoms with Crippen LogP contribution in [0.25, 0.3) is 0 Å². The Balaban J connectivity index is 1.51. The van der Waals surface area contributed by atoms with E-state index < -0.39 is 0 Å². The van der Waals surface area contributed by atoms with Crippen LogP contribution in [0.2, 0.25) is 0 Å². The third kappa shape index (κ3) is 2.15. The molecular formula is C16H20O. The molecule has 0 aliphatic heterocycles. The average molecular weight is 228 g/mol. The Morgan fingerprint density at radius 1 is 1.18 bits per heavy atom. The van der Waals surface area contributed by atoms with Crippen molar-refractivity contribution < 1.29 is 4.79 Å². The second-order valence-electron chi connectivity index (χ2n) is 5.59. The predicted octanol–water partition coefficient (Wildman–Crippen LogP) is 3.87. The van der Waals surface area contributed by atoms with Gasteiger partial charge in [-0.25, -0.2) is 0 Å². The molecule has 3 rings (SSSR count). The van der Waals surface area contributed by atoms with Crippen molar-refractivity contribution in [1.82, 2.24) is 0 Å². The van der Waals surface area contributed by atoms with Crippen LogP contribution in [0.3, 0.4) is 0 Å². The molecule has 1 aromatic rings. The molecule has 17 heavy (non-hydrogen) atoms. The lowest BCUT2D eigenvalue weighted by Crippen LogP contribution is -2.19. The molecule has 1 nitrogen and oxygen atoms in total. The largest absolute Gasteiger partial charge is 0.299 e. The zero-order valence-corrected chi connectivity index (χ0v) is 10.3. The van der Waals surface area contributed by atoms with Crippen molar-refractivity contribution in [3.63, 3.8) is 0 Å². The minimum atomic E-state index is 0.408. The van der Waals surface area contributed by atoms with Crippen LogP contribution < -0.4 is 0 Å². The van der Waals surface area contributed by atoms with Gasteiger partial charge in [-0.2, -0.15) is 0 Å². The van der Waals surface area contributed by atoms with Crippen LogP contribution in [0, 0.1) is 5.92 Å². The van der Waals surface area contributed by atoms with Crippen molar-refractivity contribution in [2.24, 2.45) is 5.92 Å². The zero-order chi connectivity index (χ0) is 11.7. The number of Topliss-reactive ketones (excluding diaryl/α,β-unsaturated/α-hetero) is 1. The minimum Gasteiger partial charge on any atom is -0.299 e. The van der Waals surface area contributed by atoms with Gasteiger partial charge in [0.25, 0.3) is 0 Å². The highest BCUT2D eigenvalue weighted by Gasteiger charge is 2.28. The Kier molecular flexibility index (Phi) is 3.00. The quantitative estimate of drug-likeness (QED) is 0.764. The first kappa shape index (κ1) is 11.0. The normalized spacial score (nSPS) is 23.2. The molecular weight excluding hydrogens is 208 g/mol. The van der Waals surface area contributed by atoms with Crippen molar-refractivity contribution in [3.05, 3.63) is 35.4 Å². The van der Waals surface area contributed by atoms with Crippen LogP contribution in [-0.4, -0.2) is 5.78 Å². The monoisotopic (exact) mass is 228 g/mol. The van der Waals surface area contributed by atoms with Gasteiger partial charge in [0.2, 0.25) is 0 Å². The van der Waals surface area contributed by atoms with Crippen molar-refractivity contribution in [2.75, 3.05) is 0 Å². The van der Waals surface area contributed by atoms with E-state index in [1.54, 1.807) is 0 Å². The summed E-state index contributed by atoms with van der Waals surface area (Å²) in [5.41, 5.74) is 2.98. The van der Waals surface area contributed by atoms with Gasteiger partial charge in [-0.1, -0.05) is 37.1 Å². The molecule has 0 N–H and O–H groups in total. The van der Waals surface area contributed by atoms with E-state index in [9.17, 15) is 4.79 Å². The third-order valence-corrected chi connectivity index (χ3v) is 4.51. The molecule has 0 heterocycles. The molecule has 1 fully saturated rings. The topological polar surface area (TPSA) is 17.1 Å². The fraction of sp³-hybridized carbons (Fsp3) is 0.562. The lowest BCUT2D eigenvalue weighted by Gasteiger charge is -2.30. The van der Waals surface area contributed by atoms with Gasteiger partial charge in [-0.15, -0.1) is 0 Å². The van der Waals surface area contributed by atoms with Gasteiger partial charge in [0.15, 0.2) is 0 Å². The average Bonchev–Trinajstić information content (AvgIpc) is 2.83. The molecule has 0 radical (unpaired) electrons. The maximum absolute atomic E-state index is 12.0. The maximum atomic E-state index is 12.0. The molecule has 1 aromatic carbocycles. The number of carbonyl (C=O) groups is 1. The first-order valence-corrected chi connectivity index (χ1v) is 6.95. The van der Waals surface area contributed by atoms with Crippen LogP contribution in [0.5, 0.6) is 0 Å². The van der Waals surface area contributed by atoms with Gasteiger partial charge in [0.05, 0.1) is 0 Å². The number of hydrogen-bond donors (Lipinski definition) is 0. The van der Waals surface area contributed by atoms with Gasteiger partial charge in [-0.05, 0) is 42.7 Å². The Hall–Kier alpha value is -1.11.